The van der Waals surface area contributed by atoms with E-state index in [9.17, 15) is 24.3 Å². The summed E-state index contributed by atoms with van der Waals surface area (Å²) in [5.41, 5.74) is 0.547. The summed E-state index contributed by atoms with van der Waals surface area (Å²) in [4.78, 5) is 56.1. The number of aromatic nitrogens is 2. The number of amides is 3. The van der Waals surface area contributed by atoms with Gasteiger partial charge in [0.25, 0.3) is 0 Å². The highest BCUT2D eigenvalue weighted by atomic mass is 16.5. The van der Waals surface area contributed by atoms with E-state index in [1.807, 2.05) is 20.8 Å². The van der Waals surface area contributed by atoms with Crippen LogP contribution in [0, 0.1) is 5.92 Å². The fourth-order valence-electron chi connectivity index (χ4n) is 3.26. The molecule has 0 aromatic carbocycles. The molecule has 34 heavy (non-hydrogen) atoms. The summed E-state index contributed by atoms with van der Waals surface area (Å²) >= 11 is 0. The first-order valence-electron chi connectivity index (χ1n) is 11.7. The van der Waals surface area contributed by atoms with Gasteiger partial charge < -0.3 is 30.8 Å². The molecule has 1 aromatic rings. The molecule has 1 heterocycles. The van der Waals surface area contributed by atoms with Crippen molar-refractivity contribution in [3.05, 3.63) is 18.2 Å². The lowest BCUT2D eigenvalue weighted by molar-refractivity contribution is -0.151. The summed E-state index contributed by atoms with van der Waals surface area (Å²) < 4.78 is 5.24. The van der Waals surface area contributed by atoms with Crippen molar-refractivity contribution < 1.29 is 29.0 Å². The smallest absolute Gasteiger partial charge is 0.308 e. The number of nitrogens with zero attached hydrogens (tertiary/aromatic N) is 1. The number of hydrogen-bond acceptors (Lipinski definition) is 7. The van der Waals surface area contributed by atoms with Crippen molar-refractivity contribution in [2.24, 2.45) is 5.92 Å². The Morgan fingerprint density at radius 1 is 1.09 bits per heavy atom. The molecule has 1 rings (SSSR count). The maximum atomic E-state index is 13.2. The van der Waals surface area contributed by atoms with Gasteiger partial charge in [0.1, 0.15) is 12.1 Å². The van der Waals surface area contributed by atoms with Crippen LogP contribution < -0.4 is 16.0 Å². The fraction of sp³-hybridized carbons (Fsp3) is 0.696. The Labute approximate surface area is 200 Å². The lowest BCUT2D eigenvalue weighted by atomic mass is 9.96. The fourth-order valence-corrected chi connectivity index (χ4v) is 3.26. The molecular formula is C23H39N5O6. The molecule has 0 radical (unpaired) electrons. The van der Waals surface area contributed by atoms with Crippen LogP contribution in [0.2, 0.25) is 0 Å². The Bertz CT molecular complexity index is 798. The molecule has 5 N–H and O–H groups in total. The predicted molar refractivity (Wildman–Crippen MR) is 125 cm³/mol. The molecule has 3 amide bonds. The van der Waals surface area contributed by atoms with Crippen LogP contribution in [0.3, 0.4) is 0 Å². The molecule has 0 fully saturated rings. The normalized spacial score (nSPS) is 15.5. The summed E-state index contributed by atoms with van der Waals surface area (Å²) in [5, 5.41) is 18.6. The zero-order valence-electron chi connectivity index (χ0n) is 20.9. The van der Waals surface area contributed by atoms with Crippen molar-refractivity contribution in [2.75, 3.05) is 0 Å². The van der Waals surface area contributed by atoms with Gasteiger partial charge in [-0.15, -0.1) is 0 Å². The van der Waals surface area contributed by atoms with Gasteiger partial charge in [-0.1, -0.05) is 20.8 Å². The van der Waals surface area contributed by atoms with Crippen LogP contribution in [0.1, 0.15) is 66.5 Å². The van der Waals surface area contributed by atoms with Gasteiger partial charge in [-0.2, -0.15) is 0 Å². The van der Waals surface area contributed by atoms with Crippen molar-refractivity contribution in [3.8, 4) is 0 Å². The van der Waals surface area contributed by atoms with E-state index in [0.29, 0.717) is 18.5 Å². The van der Waals surface area contributed by atoms with Crippen LogP contribution in [0.4, 0.5) is 0 Å². The van der Waals surface area contributed by atoms with Crippen molar-refractivity contribution in [1.29, 1.82) is 0 Å². The van der Waals surface area contributed by atoms with E-state index >= 15 is 0 Å². The third-order valence-corrected chi connectivity index (χ3v) is 5.21. The number of hydrogen-bond donors (Lipinski definition) is 5. The monoisotopic (exact) mass is 481 g/mol. The molecule has 0 aliphatic carbocycles. The second-order valence-electron chi connectivity index (χ2n) is 8.97. The lowest BCUT2D eigenvalue weighted by Crippen LogP contribution is -2.56. The molecule has 0 spiro atoms. The van der Waals surface area contributed by atoms with Crippen molar-refractivity contribution in [1.82, 2.24) is 25.9 Å². The number of aliphatic hydroxyl groups excluding tert-OH is 1. The number of nitrogens with one attached hydrogen (secondary N) is 4. The number of carbonyl (C=O) groups excluding carboxylic acids is 4. The Hall–Kier alpha value is -2.95. The molecule has 0 aliphatic heterocycles. The highest BCUT2D eigenvalue weighted by Gasteiger charge is 2.30. The Balaban J connectivity index is 2.96. The van der Waals surface area contributed by atoms with Crippen LogP contribution in [0.5, 0.6) is 0 Å². The molecule has 0 aliphatic rings. The van der Waals surface area contributed by atoms with Crippen LogP contribution in [0.25, 0.3) is 0 Å². The summed E-state index contributed by atoms with van der Waals surface area (Å²) in [6, 6.07) is -2.59. The number of aliphatic hydroxyl groups is 1. The minimum atomic E-state index is -1.16. The average Bonchev–Trinajstić information content (AvgIpc) is 3.24. The minimum Gasteiger partial charge on any atom is -0.463 e. The zero-order chi connectivity index (χ0) is 25.8. The van der Waals surface area contributed by atoms with Gasteiger partial charge in [-0.05, 0) is 32.6 Å². The molecule has 0 saturated heterocycles. The van der Waals surface area contributed by atoms with E-state index in [1.54, 1.807) is 13.1 Å². The van der Waals surface area contributed by atoms with E-state index in [0.717, 1.165) is 0 Å². The average molecular weight is 482 g/mol. The number of rotatable bonds is 14. The Morgan fingerprint density at radius 3 is 2.29 bits per heavy atom. The molecule has 0 saturated carbocycles. The van der Waals surface area contributed by atoms with Gasteiger partial charge in [-0.3, -0.25) is 19.2 Å². The summed E-state index contributed by atoms with van der Waals surface area (Å²) in [6.07, 6.45) is 2.52. The van der Waals surface area contributed by atoms with E-state index in [-0.39, 0.29) is 30.8 Å². The number of H-pyrrole nitrogens is 1. The number of aromatic amines is 1. The minimum absolute atomic E-state index is 0.0917. The van der Waals surface area contributed by atoms with Crippen LogP contribution in [-0.4, -0.2) is 69.1 Å². The van der Waals surface area contributed by atoms with Gasteiger partial charge in [0.05, 0.1) is 36.7 Å². The molecular weight excluding hydrogens is 442 g/mol. The second kappa shape index (κ2) is 14.3. The third-order valence-electron chi connectivity index (χ3n) is 5.21. The standard InChI is InChI=1S/C23H39N5O6/c1-7-14(4)34-21(31)10-20(30)18(8-13(2)3)27-23(33)19(9-17-11-24-12-25-17)28-22(32)15(5)26-16(6)29/h11-15,18-20,30H,7-10H2,1-6H3,(H,24,25)(H,26,29)(H,27,33)(H,28,32)/t14?,15-,18?,19+,20?/m1/s1. The van der Waals surface area contributed by atoms with Crippen molar-refractivity contribution in [3.63, 3.8) is 0 Å². The first kappa shape index (κ1) is 29.1. The molecule has 1 aromatic heterocycles. The van der Waals surface area contributed by atoms with E-state index in [2.05, 4.69) is 25.9 Å². The first-order chi connectivity index (χ1) is 15.9. The summed E-state index contributed by atoms with van der Waals surface area (Å²) in [6.45, 7) is 10.3. The van der Waals surface area contributed by atoms with Gasteiger partial charge in [-0.25, -0.2) is 4.98 Å². The second-order valence-corrected chi connectivity index (χ2v) is 8.97. The maximum absolute atomic E-state index is 13.2. The lowest BCUT2D eigenvalue weighted by Gasteiger charge is -2.28. The quantitative estimate of drug-likeness (QED) is 0.243. The van der Waals surface area contributed by atoms with E-state index < -0.39 is 42.0 Å². The molecule has 11 nitrogen and oxygen atoms in total. The number of esters is 1. The predicted octanol–water partition coefficient (Wildman–Crippen LogP) is 0.585. The van der Waals surface area contributed by atoms with E-state index in [4.69, 9.17) is 4.74 Å². The maximum Gasteiger partial charge on any atom is 0.308 e. The van der Waals surface area contributed by atoms with Crippen LogP contribution in [0.15, 0.2) is 12.5 Å². The van der Waals surface area contributed by atoms with Crippen molar-refractivity contribution in [2.45, 2.75) is 97.6 Å². The molecule has 192 valence electrons. The summed E-state index contributed by atoms with van der Waals surface area (Å²) in [5.74, 6) is -1.88. The number of ether oxygens (including phenoxy) is 1. The topological polar surface area (TPSA) is 163 Å². The number of carbonyl (C=O) groups is 4. The highest BCUT2D eigenvalue weighted by Crippen LogP contribution is 2.13. The molecule has 11 heteroatoms. The molecule has 3 unspecified atom stereocenters. The van der Waals surface area contributed by atoms with Crippen LogP contribution >= 0.6 is 0 Å². The number of imidazole rings is 1. The van der Waals surface area contributed by atoms with Gasteiger partial charge in [0.15, 0.2) is 0 Å². The van der Waals surface area contributed by atoms with Gasteiger partial charge in [0.2, 0.25) is 17.7 Å². The van der Waals surface area contributed by atoms with E-state index in [1.165, 1.54) is 20.2 Å². The first-order valence-corrected chi connectivity index (χ1v) is 11.7. The third kappa shape index (κ3) is 10.8. The van der Waals surface area contributed by atoms with Crippen molar-refractivity contribution >= 4 is 23.7 Å². The Kier molecular flexibility index (Phi) is 12.3. The Morgan fingerprint density at radius 2 is 1.76 bits per heavy atom. The largest absolute Gasteiger partial charge is 0.463 e. The van der Waals surface area contributed by atoms with Crippen LogP contribution in [-0.2, 0) is 30.3 Å². The SMILES string of the molecule is CCC(C)OC(=O)CC(O)C(CC(C)C)NC(=O)[C@H](Cc1c[nH]cn1)NC(=O)[C@@H](C)NC(C)=O. The molecule has 5 atom stereocenters. The highest BCUT2D eigenvalue weighted by molar-refractivity contribution is 5.91. The van der Waals surface area contributed by atoms with Gasteiger partial charge in [0, 0.05) is 19.5 Å². The molecule has 0 bridgehead atoms. The zero-order valence-corrected chi connectivity index (χ0v) is 20.9. The van der Waals surface area contributed by atoms with Gasteiger partial charge >= 0.3 is 5.97 Å². The summed E-state index contributed by atoms with van der Waals surface area (Å²) in [7, 11) is 0.